The van der Waals surface area contributed by atoms with E-state index < -0.39 is 0 Å². The molecule has 0 saturated heterocycles. The zero-order valence-electron chi connectivity index (χ0n) is 15.3. The summed E-state index contributed by atoms with van der Waals surface area (Å²) in [6, 6.07) is 14.5. The fourth-order valence-electron chi connectivity index (χ4n) is 2.57. The van der Waals surface area contributed by atoms with E-state index >= 15 is 0 Å². The van der Waals surface area contributed by atoms with E-state index in [0.29, 0.717) is 28.7 Å². The van der Waals surface area contributed by atoms with Gasteiger partial charge < -0.3 is 14.2 Å². The topological polar surface area (TPSA) is 57.7 Å². The van der Waals surface area contributed by atoms with Crippen molar-refractivity contribution in [3.8, 4) is 23.1 Å². The maximum absolute atomic E-state index is 11.5. The van der Waals surface area contributed by atoms with Gasteiger partial charge in [-0.2, -0.15) is 0 Å². The number of ether oxygens (including phenoxy) is 3. The Morgan fingerprint density at radius 2 is 1.81 bits per heavy atom. The number of carbonyl (C=O) groups excluding carboxylic acids is 1. The van der Waals surface area contributed by atoms with Gasteiger partial charge in [-0.25, -0.2) is 4.98 Å². The van der Waals surface area contributed by atoms with Crippen molar-refractivity contribution in [2.24, 2.45) is 0 Å². The quantitative estimate of drug-likeness (QED) is 0.583. The van der Waals surface area contributed by atoms with Crippen molar-refractivity contribution in [2.45, 2.75) is 26.9 Å². The van der Waals surface area contributed by atoms with Gasteiger partial charge in [-0.05, 0) is 57.2 Å². The van der Waals surface area contributed by atoms with Gasteiger partial charge in [0.25, 0.3) is 0 Å². The molecule has 5 nitrogen and oxygen atoms in total. The summed E-state index contributed by atoms with van der Waals surface area (Å²) in [7, 11) is 1.58. The van der Waals surface area contributed by atoms with Crippen LogP contribution in [0.4, 0.5) is 0 Å². The monoisotopic (exact) mass is 351 g/mol. The smallest absolute Gasteiger partial charge is 0.219 e. The number of ketones is 1. The Hall–Kier alpha value is -3.08. The van der Waals surface area contributed by atoms with Gasteiger partial charge in [0.05, 0.1) is 18.7 Å². The van der Waals surface area contributed by atoms with Crippen LogP contribution in [0.3, 0.4) is 0 Å². The molecule has 0 unspecified atom stereocenters. The first-order valence-corrected chi connectivity index (χ1v) is 8.40. The first-order valence-electron chi connectivity index (χ1n) is 8.40. The van der Waals surface area contributed by atoms with Crippen LogP contribution in [-0.2, 0) is 0 Å². The van der Waals surface area contributed by atoms with E-state index in [1.54, 1.807) is 38.3 Å². The van der Waals surface area contributed by atoms with Crippen LogP contribution in [0.15, 0.2) is 48.5 Å². The molecule has 2 aromatic carbocycles. The first-order chi connectivity index (χ1) is 12.5. The maximum atomic E-state index is 11.5. The Morgan fingerprint density at radius 3 is 2.50 bits per heavy atom. The van der Waals surface area contributed by atoms with Crippen LogP contribution in [0.1, 0.15) is 31.1 Å². The normalized spacial score (nSPS) is 10.8. The molecule has 0 spiro atoms. The Morgan fingerprint density at radius 1 is 1.00 bits per heavy atom. The standard InChI is InChI=1S/C21H21NO4/c1-13(2)25-17-7-9-19(20(12-17)24-4)26-21-10-6-16-11-15(14(3)23)5-8-18(16)22-21/h5-13H,1-4H3. The summed E-state index contributed by atoms with van der Waals surface area (Å²) < 4.78 is 17.0. The molecule has 1 aromatic heterocycles. The number of benzene rings is 2. The number of rotatable bonds is 6. The van der Waals surface area contributed by atoms with Crippen molar-refractivity contribution < 1.29 is 19.0 Å². The predicted molar refractivity (Wildman–Crippen MR) is 101 cm³/mol. The third-order valence-corrected chi connectivity index (χ3v) is 3.79. The Balaban J connectivity index is 1.88. The number of hydrogen-bond donors (Lipinski definition) is 0. The fourth-order valence-corrected chi connectivity index (χ4v) is 2.57. The highest BCUT2D eigenvalue weighted by Gasteiger charge is 2.10. The molecular formula is C21H21NO4. The van der Waals surface area contributed by atoms with Crippen molar-refractivity contribution in [2.75, 3.05) is 7.11 Å². The average molecular weight is 351 g/mol. The molecule has 0 N–H and O–H groups in total. The highest BCUT2D eigenvalue weighted by atomic mass is 16.5. The van der Waals surface area contributed by atoms with Gasteiger partial charge in [-0.3, -0.25) is 4.79 Å². The van der Waals surface area contributed by atoms with Crippen molar-refractivity contribution in [1.29, 1.82) is 0 Å². The molecule has 134 valence electrons. The molecule has 0 bridgehead atoms. The molecule has 26 heavy (non-hydrogen) atoms. The maximum Gasteiger partial charge on any atom is 0.219 e. The van der Waals surface area contributed by atoms with E-state index in [4.69, 9.17) is 14.2 Å². The lowest BCUT2D eigenvalue weighted by Crippen LogP contribution is -2.05. The van der Waals surface area contributed by atoms with E-state index in [2.05, 4.69) is 4.98 Å². The predicted octanol–water partition coefficient (Wildman–Crippen LogP) is 5.03. The second-order valence-electron chi connectivity index (χ2n) is 6.19. The lowest BCUT2D eigenvalue weighted by Gasteiger charge is -2.14. The van der Waals surface area contributed by atoms with Crippen molar-refractivity contribution in [3.63, 3.8) is 0 Å². The van der Waals surface area contributed by atoms with Crippen LogP contribution in [-0.4, -0.2) is 24.0 Å². The third-order valence-electron chi connectivity index (χ3n) is 3.79. The molecule has 0 saturated carbocycles. The molecule has 1 heterocycles. The highest BCUT2D eigenvalue weighted by molar-refractivity contribution is 5.97. The second kappa shape index (κ2) is 7.44. The van der Waals surface area contributed by atoms with Crippen molar-refractivity contribution in [3.05, 3.63) is 54.1 Å². The number of carbonyl (C=O) groups is 1. The fraction of sp³-hybridized carbons (Fsp3) is 0.238. The van der Waals surface area contributed by atoms with Gasteiger partial charge in [0.2, 0.25) is 5.88 Å². The zero-order valence-corrected chi connectivity index (χ0v) is 15.3. The van der Waals surface area contributed by atoms with Crippen LogP contribution in [0, 0.1) is 0 Å². The summed E-state index contributed by atoms with van der Waals surface area (Å²) in [5.41, 5.74) is 1.42. The van der Waals surface area contributed by atoms with E-state index in [1.165, 1.54) is 0 Å². The summed E-state index contributed by atoms with van der Waals surface area (Å²) in [4.78, 5) is 16.0. The van der Waals surface area contributed by atoms with E-state index in [0.717, 1.165) is 10.9 Å². The number of aromatic nitrogens is 1. The van der Waals surface area contributed by atoms with Gasteiger partial charge in [0, 0.05) is 23.1 Å². The van der Waals surface area contributed by atoms with Crippen molar-refractivity contribution >= 4 is 16.7 Å². The summed E-state index contributed by atoms with van der Waals surface area (Å²) in [6.07, 6.45) is 0.0773. The summed E-state index contributed by atoms with van der Waals surface area (Å²) in [5.74, 6) is 2.31. The van der Waals surface area contributed by atoms with Crippen LogP contribution >= 0.6 is 0 Å². The molecular weight excluding hydrogens is 330 g/mol. The van der Waals surface area contributed by atoms with Crippen molar-refractivity contribution in [1.82, 2.24) is 4.98 Å². The SMILES string of the molecule is COc1cc(OC(C)C)ccc1Oc1ccc2cc(C(C)=O)ccc2n1. The summed E-state index contributed by atoms with van der Waals surface area (Å²) in [5, 5.41) is 0.887. The Labute approximate surface area is 152 Å². The number of pyridine rings is 1. The molecule has 0 aliphatic heterocycles. The Bertz CT molecular complexity index is 950. The van der Waals surface area contributed by atoms with Crippen LogP contribution < -0.4 is 14.2 Å². The molecule has 5 heteroatoms. The number of methoxy groups -OCH3 is 1. The minimum atomic E-state index is 0.0284. The minimum absolute atomic E-state index is 0.0284. The average Bonchev–Trinajstić information content (AvgIpc) is 2.62. The van der Waals surface area contributed by atoms with Gasteiger partial charge >= 0.3 is 0 Å². The minimum Gasteiger partial charge on any atom is -0.493 e. The van der Waals surface area contributed by atoms with Crippen LogP contribution in [0.2, 0.25) is 0 Å². The molecule has 0 radical (unpaired) electrons. The first kappa shape index (κ1) is 17.7. The van der Waals surface area contributed by atoms with E-state index in [-0.39, 0.29) is 11.9 Å². The van der Waals surface area contributed by atoms with Gasteiger partial charge in [-0.1, -0.05) is 0 Å². The lowest BCUT2D eigenvalue weighted by atomic mass is 10.1. The lowest BCUT2D eigenvalue weighted by molar-refractivity contribution is 0.101. The van der Waals surface area contributed by atoms with E-state index in [1.807, 2.05) is 38.1 Å². The number of hydrogen-bond acceptors (Lipinski definition) is 5. The molecule has 0 aliphatic rings. The van der Waals surface area contributed by atoms with E-state index in [9.17, 15) is 4.79 Å². The molecule has 3 rings (SSSR count). The molecule has 0 atom stereocenters. The summed E-state index contributed by atoms with van der Waals surface area (Å²) in [6.45, 7) is 5.48. The van der Waals surface area contributed by atoms with Gasteiger partial charge in [-0.15, -0.1) is 0 Å². The number of fused-ring (bicyclic) bond motifs is 1. The van der Waals surface area contributed by atoms with Gasteiger partial charge in [0.1, 0.15) is 5.75 Å². The van der Waals surface area contributed by atoms with Crippen LogP contribution in [0.25, 0.3) is 10.9 Å². The van der Waals surface area contributed by atoms with Gasteiger partial charge in [0.15, 0.2) is 17.3 Å². The van der Waals surface area contributed by atoms with Crippen LogP contribution in [0.5, 0.6) is 23.1 Å². The molecule has 0 amide bonds. The Kier molecular flexibility index (Phi) is 5.07. The zero-order chi connectivity index (χ0) is 18.7. The third kappa shape index (κ3) is 3.94. The second-order valence-corrected chi connectivity index (χ2v) is 6.19. The molecule has 0 aliphatic carbocycles. The molecule has 3 aromatic rings. The molecule has 0 fully saturated rings. The highest BCUT2D eigenvalue weighted by Crippen LogP contribution is 2.34. The largest absolute Gasteiger partial charge is 0.493 e. The summed E-state index contributed by atoms with van der Waals surface area (Å²) >= 11 is 0. The number of nitrogens with zero attached hydrogens (tertiary/aromatic N) is 1. The number of Topliss-reactive ketones (excluding diaryl/α,β-unsaturated/α-hetero) is 1.